The molecule has 1 N–H and O–H groups in total. The zero-order chi connectivity index (χ0) is 17.4. The third kappa shape index (κ3) is 5.72. The van der Waals surface area contributed by atoms with Crippen LogP contribution in [0.25, 0.3) is 10.2 Å². The van der Waals surface area contributed by atoms with Crippen molar-refractivity contribution in [2.75, 3.05) is 25.6 Å². The van der Waals surface area contributed by atoms with Crippen molar-refractivity contribution in [2.24, 2.45) is 0 Å². The van der Waals surface area contributed by atoms with Gasteiger partial charge < -0.3 is 14.8 Å². The standard InChI is InChI=1S/C17H23BrN2O3S/c1-3-4-6-13(18)16(21)20-17-19-14-8-7-12(11-15(14)24-17)23-10-5-9-22-2/h7-8,11,13H,3-6,9-10H2,1-2H3,(H,19,20,21)/t13-/m1/s1. The van der Waals surface area contributed by atoms with Crippen molar-refractivity contribution < 1.29 is 14.3 Å². The summed E-state index contributed by atoms with van der Waals surface area (Å²) in [7, 11) is 1.68. The molecular formula is C17H23BrN2O3S. The number of halogens is 1. The van der Waals surface area contributed by atoms with Crippen LogP contribution in [0.3, 0.4) is 0 Å². The highest BCUT2D eigenvalue weighted by Gasteiger charge is 2.16. The van der Waals surface area contributed by atoms with Gasteiger partial charge in [0, 0.05) is 20.1 Å². The second-order valence-electron chi connectivity index (χ2n) is 5.44. The molecule has 1 aromatic carbocycles. The number of fused-ring (bicyclic) bond motifs is 1. The number of thiazole rings is 1. The fraction of sp³-hybridized carbons (Fsp3) is 0.529. The lowest BCUT2D eigenvalue weighted by Crippen LogP contribution is -2.22. The van der Waals surface area contributed by atoms with Gasteiger partial charge in [-0.25, -0.2) is 4.98 Å². The van der Waals surface area contributed by atoms with Crippen LogP contribution >= 0.6 is 27.3 Å². The Balaban J connectivity index is 1.96. The minimum atomic E-state index is -0.177. The van der Waals surface area contributed by atoms with Crippen LogP contribution in [0.5, 0.6) is 5.75 Å². The molecule has 7 heteroatoms. The number of aromatic nitrogens is 1. The van der Waals surface area contributed by atoms with E-state index in [4.69, 9.17) is 9.47 Å². The van der Waals surface area contributed by atoms with Gasteiger partial charge in [0.25, 0.3) is 0 Å². The molecule has 5 nitrogen and oxygen atoms in total. The van der Waals surface area contributed by atoms with Crippen LogP contribution < -0.4 is 10.1 Å². The molecule has 0 bridgehead atoms. The first kappa shape index (κ1) is 19.1. The lowest BCUT2D eigenvalue weighted by Gasteiger charge is -2.07. The van der Waals surface area contributed by atoms with Crippen LogP contribution in [0.2, 0.25) is 0 Å². The van der Waals surface area contributed by atoms with Crippen molar-refractivity contribution in [3.05, 3.63) is 18.2 Å². The molecule has 1 atom stereocenters. The number of carbonyl (C=O) groups is 1. The molecule has 0 unspecified atom stereocenters. The second-order valence-corrected chi connectivity index (χ2v) is 7.58. The predicted molar refractivity (Wildman–Crippen MR) is 102 cm³/mol. The summed E-state index contributed by atoms with van der Waals surface area (Å²) >= 11 is 4.89. The number of hydrogen-bond acceptors (Lipinski definition) is 5. The normalized spacial score (nSPS) is 12.3. The number of carbonyl (C=O) groups excluding carboxylic acids is 1. The minimum Gasteiger partial charge on any atom is -0.493 e. The highest BCUT2D eigenvalue weighted by Crippen LogP contribution is 2.29. The molecule has 2 aromatic rings. The molecule has 1 aromatic heterocycles. The summed E-state index contributed by atoms with van der Waals surface area (Å²) in [5.41, 5.74) is 0.860. The molecule has 0 fully saturated rings. The Morgan fingerprint density at radius 2 is 2.21 bits per heavy atom. The van der Waals surface area contributed by atoms with Crippen LogP contribution in [-0.4, -0.2) is 36.0 Å². The van der Waals surface area contributed by atoms with Gasteiger partial charge in [-0.3, -0.25) is 4.79 Å². The van der Waals surface area contributed by atoms with Gasteiger partial charge in [-0.05, 0) is 24.6 Å². The van der Waals surface area contributed by atoms with Crippen LogP contribution in [0.4, 0.5) is 5.13 Å². The van der Waals surface area contributed by atoms with Crippen LogP contribution in [-0.2, 0) is 9.53 Å². The van der Waals surface area contributed by atoms with E-state index in [0.29, 0.717) is 18.3 Å². The van der Waals surface area contributed by atoms with E-state index in [1.807, 2.05) is 18.2 Å². The van der Waals surface area contributed by atoms with E-state index in [9.17, 15) is 4.79 Å². The second kappa shape index (κ2) is 9.96. The fourth-order valence-corrected chi connectivity index (χ4v) is 3.48. The van der Waals surface area contributed by atoms with Crippen molar-refractivity contribution in [1.29, 1.82) is 0 Å². The Kier molecular flexibility index (Phi) is 7.94. The molecule has 1 amide bonds. The molecule has 24 heavy (non-hydrogen) atoms. The van der Waals surface area contributed by atoms with Gasteiger partial charge in [-0.1, -0.05) is 47.0 Å². The highest BCUT2D eigenvalue weighted by atomic mass is 79.9. The van der Waals surface area contributed by atoms with Gasteiger partial charge in [0.15, 0.2) is 5.13 Å². The largest absolute Gasteiger partial charge is 0.493 e. The quantitative estimate of drug-likeness (QED) is 0.455. The molecule has 132 valence electrons. The Bertz CT molecular complexity index is 662. The molecule has 0 aliphatic rings. The van der Waals surface area contributed by atoms with Crippen LogP contribution in [0.15, 0.2) is 18.2 Å². The van der Waals surface area contributed by atoms with E-state index in [1.54, 1.807) is 7.11 Å². The lowest BCUT2D eigenvalue weighted by molar-refractivity contribution is -0.115. The SMILES string of the molecule is CCCC[C@@H](Br)C(=O)Nc1nc2ccc(OCCCOC)cc2s1. The average Bonchev–Trinajstić information content (AvgIpc) is 2.97. The number of benzene rings is 1. The molecule has 0 aliphatic heterocycles. The summed E-state index contributed by atoms with van der Waals surface area (Å²) in [5, 5.41) is 3.50. The maximum absolute atomic E-state index is 12.1. The number of amides is 1. The average molecular weight is 415 g/mol. The third-order valence-corrected chi connectivity index (χ3v) is 5.25. The number of ether oxygens (including phenoxy) is 2. The molecule has 1 heterocycles. The molecule has 0 aliphatic carbocycles. The van der Waals surface area contributed by atoms with Crippen molar-refractivity contribution in [3.63, 3.8) is 0 Å². The smallest absolute Gasteiger partial charge is 0.239 e. The van der Waals surface area contributed by atoms with Crippen molar-refractivity contribution in [3.8, 4) is 5.75 Å². The molecule has 0 spiro atoms. The molecule has 0 saturated carbocycles. The number of nitrogens with zero attached hydrogens (tertiary/aromatic N) is 1. The number of alkyl halides is 1. The molecular weight excluding hydrogens is 392 g/mol. The van der Waals surface area contributed by atoms with Crippen LogP contribution in [0.1, 0.15) is 32.6 Å². The number of hydrogen-bond donors (Lipinski definition) is 1. The first-order valence-corrected chi connectivity index (χ1v) is 9.84. The minimum absolute atomic E-state index is 0.0430. The van der Waals surface area contributed by atoms with E-state index < -0.39 is 0 Å². The monoisotopic (exact) mass is 414 g/mol. The maximum Gasteiger partial charge on any atom is 0.239 e. The number of anilines is 1. The van der Waals surface area contributed by atoms with Gasteiger partial charge in [-0.2, -0.15) is 0 Å². The number of rotatable bonds is 10. The predicted octanol–water partition coefficient (Wildman–Crippen LogP) is 4.60. The van der Waals surface area contributed by atoms with E-state index in [2.05, 4.69) is 33.2 Å². The van der Waals surface area contributed by atoms with E-state index in [1.165, 1.54) is 11.3 Å². The van der Waals surface area contributed by atoms with Crippen molar-refractivity contribution >= 4 is 48.5 Å². The van der Waals surface area contributed by atoms with Crippen molar-refractivity contribution in [2.45, 2.75) is 37.4 Å². The zero-order valence-electron chi connectivity index (χ0n) is 14.0. The topological polar surface area (TPSA) is 60.5 Å². The van der Waals surface area contributed by atoms with Crippen LogP contribution in [0, 0.1) is 0 Å². The zero-order valence-corrected chi connectivity index (χ0v) is 16.4. The Labute approximate surface area is 154 Å². The maximum atomic E-state index is 12.1. The van der Waals surface area contributed by atoms with E-state index in [-0.39, 0.29) is 10.7 Å². The number of methoxy groups -OCH3 is 1. The summed E-state index contributed by atoms with van der Waals surface area (Å²) in [6.45, 7) is 3.41. The molecule has 0 saturated heterocycles. The Hall–Kier alpha value is -1.18. The van der Waals surface area contributed by atoms with Crippen molar-refractivity contribution in [1.82, 2.24) is 4.98 Å². The van der Waals surface area contributed by atoms with Gasteiger partial charge in [0.1, 0.15) is 5.75 Å². The number of unbranched alkanes of at least 4 members (excludes halogenated alkanes) is 1. The summed E-state index contributed by atoms with van der Waals surface area (Å²) in [5.74, 6) is 0.764. The highest BCUT2D eigenvalue weighted by molar-refractivity contribution is 9.10. The van der Waals surface area contributed by atoms with Gasteiger partial charge in [-0.15, -0.1) is 0 Å². The Morgan fingerprint density at radius 1 is 1.38 bits per heavy atom. The summed E-state index contributed by atoms with van der Waals surface area (Å²) in [4.78, 5) is 16.4. The molecule has 0 radical (unpaired) electrons. The summed E-state index contributed by atoms with van der Waals surface area (Å²) in [6.07, 6.45) is 3.77. The first-order valence-electron chi connectivity index (χ1n) is 8.11. The Morgan fingerprint density at radius 3 is 2.96 bits per heavy atom. The summed E-state index contributed by atoms with van der Waals surface area (Å²) in [6, 6.07) is 5.77. The molecule has 2 rings (SSSR count). The first-order chi connectivity index (χ1) is 11.6. The van der Waals surface area contributed by atoms with Gasteiger partial charge in [0.05, 0.1) is 21.7 Å². The third-order valence-electron chi connectivity index (χ3n) is 3.45. The van der Waals surface area contributed by atoms with E-state index in [0.717, 1.165) is 41.6 Å². The summed E-state index contributed by atoms with van der Waals surface area (Å²) < 4.78 is 11.7. The van der Waals surface area contributed by atoms with Gasteiger partial charge >= 0.3 is 0 Å². The van der Waals surface area contributed by atoms with E-state index >= 15 is 0 Å². The van der Waals surface area contributed by atoms with Gasteiger partial charge in [0.2, 0.25) is 5.91 Å². The lowest BCUT2D eigenvalue weighted by atomic mass is 10.2. The fourth-order valence-electron chi connectivity index (χ4n) is 2.14. The number of nitrogens with one attached hydrogen (secondary N) is 1.